The average molecular weight is 321 g/mol. The number of aryl methyl sites for hydroxylation is 1. The molecule has 0 bridgehead atoms. The molecule has 23 heavy (non-hydrogen) atoms. The number of aromatic nitrogens is 2. The maximum absolute atomic E-state index is 6.32. The van der Waals surface area contributed by atoms with E-state index in [2.05, 4.69) is 43.6 Å². The van der Waals surface area contributed by atoms with E-state index in [1.165, 1.54) is 63.6 Å². The first kappa shape index (κ1) is 18.5. The van der Waals surface area contributed by atoms with Gasteiger partial charge in [0, 0.05) is 32.0 Å². The number of imidazole rings is 1. The predicted molar refractivity (Wildman–Crippen MR) is 96.7 cm³/mol. The number of unbranched alkanes of at least 4 members (excludes halogenated alkanes) is 5. The second-order valence-electron chi connectivity index (χ2n) is 8.09. The van der Waals surface area contributed by atoms with Gasteiger partial charge in [-0.2, -0.15) is 0 Å². The lowest BCUT2D eigenvalue weighted by molar-refractivity contribution is -0.0166. The van der Waals surface area contributed by atoms with Gasteiger partial charge < -0.3 is 9.30 Å². The molecule has 1 aliphatic rings. The topological polar surface area (TPSA) is 27.1 Å². The van der Waals surface area contributed by atoms with Crippen LogP contribution in [0, 0.1) is 5.41 Å². The molecule has 1 fully saturated rings. The van der Waals surface area contributed by atoms with E-state index in [4.69, 9.17) is 4.74 Å². The fourth-order valence-corrected chi connectivity index (χ4v) is 3.87. The molecule has 0 saturated heterocycles. The molecule has 3 nitrogen and oxygen atoms in total. The number of hydrogen-bond donors (Lipinski definition) is 0. The molecule has 0 aliphatic heterocycles. The van der Waals surface area contributed by atoms with Crippen LogP contribution in [0.3, 0.4) is 0 Å². The standard InChI is InChI=1S/C20H36N2O/c1-5-6-7-8-9-10-15-23-18-11-12-20(2,3)16-17(18)19-21-13-14-22(19)4/h13-14,17-18H,5-12,15-16H2,1-4H3. The third kappa shape index (κ3) is 5.63. The fourth-order valence-electron chi connectivity index (χ4n) is 3.87. The molecule has 2 unspecified atom stereocenters. The van der Waals surface area contributed by atoms with Crippen LogP contribution in [0.25, 0.3) is 0 Å². The Morgan fingerprint density at radius 1 is 1.22 bits per heavy atom. The van der Waals surface area contributed by atoms with Crippen molar-refractivity contribution in [2.24, 2.45) is 12.5 Å². The van der Waals surface area contributed by atoms with Crippen LogP contribution in [0.15, 0.2) is 12.4 Å². The summed E-state index contributed by atoms with van der Waals surface area (Å²) in [6, 6.07) is 0. The summed E-state index contributed by atoms with van der Waals surface area (Å²) in [5.74, 6) is 1.64. The van der Waals surface area contributed by atoms with Gasteiger partial charge >= 0.3 is 0 Å². The highest BCUT2D eigenvalue weighted by molar-refractivity contribution is 5.07. The van der Waals surface area contributed by atoms with Crippen molar-refractivity contribution < 1.29 is 4.74 Å². The van der Waals surface area contributed by atoms with Crippen molar-refractivity contribution in [3.8, 4) is 0 Å². The Balaban J connectivity index is 1.82. The highest BCUT2D eigenvalue weighted by atomic mass is 16.5. The van der Waals surface area contributed by atoms with E-state index in [0.29, 0.717) is 17.4 Å². The van der Waals surface area contributed by atoms with Crippen LogP contribution in [-0.2, 0) is 11.8 Å². The van der Waals surface area contributed by atoms with E-state index in [1.54, 1.807) is 0 Å². The van der Waals surface area contributed by atoms with Gasteiger partial charge in [-0.15, -0.1) is 0 Å². The third-order valence-corrected chi connectivity index (χ3v) is 5.35. The van der Waals surface area contributed by atoms with E-state index < -0.39 is 0 Å². The summed E-state index contributed by atoms with van der Waals surface area (Å²) in [5.41, 5.74) is 0.399. The van der Waals surface area contributed by atoms with Crippen molar-refractivity contribution in [2.45, 2.75) is 90.6 Å². The van der Waals surface area contributed by atoms with Crippen LogP contribution in [0.5, 0.6) is 0 Å². The Morgan fingerprint density at radius 2 is 1.96 bits per heavy atom. The molecule has 2 rings (SSSR count). The van der Waals surface area contributed by atoms with Gasteiger partial charge in [0.1, 0.15) is 5.82 Å². The van der Waals surface area contributed by atoms with E-state index >= 15 is 0 Å². The lowest BCUT2D eigenvalue weighted by atomic mass is 9.70. The van der Waals surface area contributed by atoms with Gasteiger partial charge in [0.2, 0.25) is 0 Å². The van der Waals surface area contributed by atoms with Gasteiger partial charge in [-0.25, -0.2) is 4.98 Å². The first-order chi connectivity index (χ1) is 11.0. The maximum atomic E-state index is 6.32. The molecule has 0 radical (unpaired) electrons. The molecule has 0 spiro atoms. The van der Waals surface area contributed by atoms with Crippen molar-refractivity contribution in [1.82, 2.24) is 9.55 Å². The second kappa shape index (κ2) is 8.86. The van der Waals surface area contributed by atoms with Gasteiger partial charge in [-0.05, 0) is 31.1 Å². The minimum absolute atomic E-state index is 0.347. The fraction of sp³-hybridized carbons (Fsp3) is 0.850. The summed E-state index contributed by atoms with van der Waals surface area (Å²) in [7, 11) is 2.11. The van der Waals surface area contributed by atoms with Gasteiger partial charge in [-0.1, -0.05) is 52.9 Å². The lowest BCUT2D eigenvalue weighted by Gasteiger charge is -2.40. The molecule has 1 aromatic rings. The lowest BCUT2D eigenvalue weighted by Crippen LogP contribution is -2.35. The van der Waals surface area contributed by atoms with Gasteiger partial charge in [0.15, 0.2) is 0 Å². The molecule has 0 aromatic carbocycles. The third-order valence-electron chi connectivity index (χ3n) is 5.35. The average Bonchev–Trinajstić information content (AvgIpc) is 2.93. The molecule has 3 heteroatoms. The molecule has 1 heterocycles. The van der Waals surface area contributed by atoms with E-state index in [0.717, 1.165) is 6.61 Å². The zero-order valence-electron chi connectivity index (χ0n) is 15.7. The van der Waals surface area contributed by atoms with E-state index in [9.17, 15) is 0 Å². The molecular weight excluding hydrogens is 284 g/mol. The number of hydrogen-bond acceptors (Lipinski definition) is 2. The van der Waals surface area contributed by atoms with Crippen molar-refractivity contribution in [1.29, 1.82) is 0 Å². The van der Waals surface area contributed by atoms with Crippen LogP contribution >= 0.6 is 0 Å². The van der Waals surface area contributed by atoms with E-state index in [-0.39, 0.29) is 0 Å². The molecule has 132 valence electrons. The Bertz CT molecular complexity index is 452. The SMILES string of the molecule is CCCCCCCCOC1CCC(C)(C)CC1c1nccn1C. The zero-order valence-corrected chi connectivity index (χ0v) is 15.7. The normalized spacial score (nSPS) is 24.0. The van der Waals surface area contributed by atoms with Crippen molar-refractivity contribution in [3.63, 3.8) is 0 Å². The van der Waals surface area contributed by atoms with Crippen LogP contribution in [0.1, 0.15) is 90.3 Å². The molecule has 1 aromatic heterocycles. The minimum atomic E-state index is 0.347. The smallest absolute Gasteiger partial charge is 0.114 e. The summed E-state index contributed by atoms with van der Waals surface area (Å²) in [5, 5.41) is 0. The van der Waals surface area contributed by atoms with Crippen LogP contribution in [0.2, 0.25) is 0 Å². The summed E-state index contributed by atoms with van der Waals surface area (Å²) < 4.78 is 8.49. The van der Waals surface area contributed by atoms with Gasteiger partial charge in [0.05, 0.1) is 6.10 Å². The Kier molecular flexibility index (Phi) is 7.13. The first-order valence-electron chi connectivity index (χ1n) is 9.62. The predicted octanol–water partition coefficient (Wildman–Crippen LogP) is 5.46. The molecule has 2 atom stereocenters. The largest absolute Gasteiger partial charge is 0.377 e. The van der Waals surface area contributed by atoms with Crippen LogP contribution < -0.4 is 0 Å². The summed E-state index contributed by atoms with van der Waals surface area (Å²) >= 11 is 0. The summed E-state index contributed by atoms with van der Waals surface area (Å²) in [4.78, 5) is 4.62. The summed E-state index contributed by atoms with van der Waals surface area (Å²) in [6.07, 6.45) is 15.9. The number of ether oxygens (including phenoxy) is 1. The highest BCUT2D eigenvalue weighted by Crippen LogP contribution is 2.44. The van der Waals surface area contributed by atoms with Crippen molar-refractivity contribution in [3.05, 3.63) is 18.2 Å². The van der Waals surface area contributed by atoms with Crippen molar-refractivity contribution >= 4 is 0 Å². The quantitative estimate of drug-likeness (QED) is 0.565. The van der Waals surface area contributed by atoms with Gasteiger partial charge in [0.25, 0.3) is 0 Å². The maximum Gasteiger partial charge on any atom is 0.114 e. The first-order valence-corrected chi connectivity index (χ1v) is 9.62. The number of nitrogens with zero attached hydrogens (tertiary/aromatic N) is 2. The molecule has 1 aliphatic carbocycles. The highest BCUT2D eigenvalue weighted by Gasteiger charge is 2.38. The van der Waals surface area contributed by atoms with Crippen LogP contribution in [-0.4, -0.2) is 22.3 Å². The second-order valence-corrected chi connectivity index (χ2v) is 8.09. The molecule has 0 N–H and O–H groups in total. The minimum Gasteiger partial charge on any atom is -0.377 e. The zero-order chi connectivity index (χ0) is 16.7. The Morgan fingerprint density at radius 3 is 2.65 bits per heavy atom. The van der Waals surface area contributed by atoms with Crippen LogP contribution in [0.4, 0.5) is 0 Å². The molecule has 1 saturated carbocycles. The van der Waals surface area contributed by atoms with Crippen molar-refractivity contribution in [2.75, 3.05) is 6.61 Å². The van der Waals surface area contributed by atoms with Gasteiger partial charge in [-0.3, -0.25) is 0 Å². The number of rotatable bonds is 9. The summed E-state index contributed by atoms with van der Waals surface area (Å²) in [6.45, 7) is 7.95. The monoisotopic (exact) mass is 320 g/mol. The van der Waals surface area contributed by atoms with E-state index in [1.807, 2.05) is 6.20 Å². The molecule has 0 amide bonds. The Labute approximate surface area is 142 Å². The molecular formula is C20H36N2O. The Hall–Kier alpha value is -0.830.